The summed E-state index contributed by atoms with van der Waals surface area (Å²) in [5, 5.41) is 2.78. The zero-order valence-corrected chi connectivity index (χ0v) is 11.3. The normalized spacial score (nSPS) is 22.3. The van der Waals surface area contributed by atoms with Gasteiger partial charge in [0.15, 0.2) is 0 Å². The Morgan fingerprint density at radius 3 is 3.05 bits per heavy atom. The van der Waals surface area contributed by atoms with Crippen molar-refractivity contribution in [3.05, 3.63) is 29.8 Å². The van der Waals surface area contributed by atoms with Gasteiger partial charge in [-0.05, 0) is 18.1 Å². The van der Waals surface area contributed by atoms with E-state index in [-0.39, 0.29) is 17.7 Å². The van der Waals surface area contributed by atoms with E-state index in [0.29, 0.717) is 39.1 Å². The molecule has 2 amide bonds. The first kappa shape index (κ1) is 13.0. The fourth-order valence-corrected chi connectivity index (χ4v) is 2.73. The minimum absolute atomic E-state index is 0.0190. The van der Waals surface area contributed by atoms with Gasteiger partial charge < -0.3 is 15.0 Å². The molecule has 5 nitrogen and oxygen atoms in total. The van der Waals surface area contributed by atoms with Crippen LogP contribution in [0.25, 0.3) is 0 Å². The minimum atomic E-state index is -0.141. The highest BCUT2D eigenvalue weighted by molar-refractivity contribution is 5.82. The summed E-state index contributed by atoms with van der Waals surface area (Å²) in [5.74, 6) is 0.851. The van der Waals surface area contributed by atoms with E-state index in [0.717, 1.165) is 11.3 Å². The zero-order chi connectivity index (χ0) is 13.9. The van der Waals surface area contributed by atoms with Gasteiger partial charge in [-0.15, -0.1) is 0 Å². The van der Waals surface area contributed by atoms with E-state index in [1.54, 1.807) is 4.90 Å². The molecule has 1 unspecified atom stereocenters. The molecule has 1 fully saturated rings. The third kappa shape index (κ3) is 2.61. The van der Waals surface area contributed by atoms with Crippen molar-refractivity contribution in [1.29, 1.82) is 0 Å². The van der Waals surface area contributed by atoms with Crippen molar-refractivity contribution in [2.45, 2.75) is 12.8 Å². The van der Waals surface area contributed by atoms with Crippen LogP contribution in [0.15, 0.2) is 24.3 Å². The lowest BCUT2D eigenvalue weighted by Gasteiger charge is -2.29. The fourth-order valence-electron chi connectivity index (χ4n) is 2.73. The summed E-state index contributed by atoms with van der Waals surface area (Å²) >= 11 is 0. The molecule has 106 valence electrons. The van der Waals surface area contributed by atoms with Gasteiger partial charge in [0, 0.05) is 26.1 Å². The molecule has 0 spiro atoms. The van der Waals surface area contributed by atoms with Crippen LogP contribution in [0.4, 0.5) is 0 Å². The summed E-state index contributed by atoms with van der Waals surface area (Å²) in [5.41, 5.74) is 1.08. The minimum Gasteiger partial charge on any atom is -0.492 e. The summed E-state index contributed by atoms with van der Waals surface area (Å²) in [4.78, 5) is 25.6. The molecule has 1 N–H and O–H groups in total. The Kier molecular flexibility index (Phi) is 3.58. The smallest absolute Gasteiger partial charge is 0.229 e. The van der Waals surface area contributed by atoms with Gasteiger partial charge in [-0.3, -0.25) is 9.59 Å². The topological polar surface area (TPSA) is 58.6 Å². The molecule has 0 saturated carbocycles. The van der Waals surface area contributed by atoms with Crippen molar-refractivity contribution in [3.63, 3.8) is 0 Å². The van der Waals surface area contributed by atoms with Gasteiger partial charge in [0.2, 0.25) is 11.8 Å². The van der Waals surface area contributed by atoms with Gasteiger partial charge in [0.1, 0.15) is 12.4 Å². The van der Waals surface area contributed by atoms with Crippen molar-refractivity contribution >= 4 is 11.8 Å². The second kappa shape index (κ2) is 5.53. The summed E-state index contributed by atoms with van der Waals surface area (Å²) in [7, 11) is 0. The van der Waals surface area contributed by atoms with Crippen molar-refractivity contribution in [1.82, 2.24) is 10.2 Å². The number of nitrogens with zero attached hydrogens (tertiary/aromatic N) is 1. The molecule has 0 aromatic heterocycles. The number of amides is 2. The average molecular weight is 274 g/mol. The molecule has 5 heteroatoms. The Bertz CT molecular complexity index is 530. The van der Waals surface area contributed by atoms with Gasteiger partial charge in [-0.1, -0.05) is 18.2 Å². The Hall–Kier alpha value is -2.04. The number of rotatable bonds is 1. The fraction of sp³-hybridized carbons (Fsp3) is 0.467. The van der Waals surface area contributed by atoms with E-state index in [9.17, 15) is 9.59 Å². The second-order valence-corrected chi connectivity index (χ2v) is 5.25. The average Bonchev–Trinajstić information content (AvgIpc) is 2.71. The van der Waals surface area contributed by atoms with E-state index in [4.69, 9.17) is 4.74 Å². The molecule has 20 heavy (non-hydrogen) atoms. The number of ether oxygens (including phenoxy) is 1. The number of carbonyl (C=O) groups excluding carboxylic acids is 2. The van der Waals surface area contributed by atoms with Crippen LogP contribution in [0.5, 0.6) is 5.75 Å². The highest BCUT2D eigenvalue weighted by Crippen LogP contribution is 2.27. The SMILES string of the molecule is O=C1CCN(C(=O)C2COc3ccccc3C2)CCN1. The molecular formula is C15H18N2O3. The van der Waals surface area contributed by atoms with Gasteiger partial charge in [-0.25, -0.2) is 0 Å². The lowest BCUT2D eigenvalue weighted by molar-refractivity contribution is -0.136. The molecule has 3 rings (SSSR count). The van der Waals surface area contributed by atoms with E-state index < -0.39 is 0 Å². The molecule has 0 bridgehead atoms. The predicted octanol–water partition coefficient (Wildman–Crippen LogP) is 0.586. The quantitative estimate of drug-likeness (QED) is 0.815. The maximum absolute atomic E-state index is 12.5. The van der Waals surface area contributed by atoms with Crippen LogP contribution in [0.1, 0.15) is 12.0 Å². The molecule has 2 heterocycles. The highest BCUT2D eigenvalue weighted by Gasteiger charge is 2.30. The Morgan fingerprint density at radius 2 is 2.15 bits per heavy atom. The molecule has 2 aliphatic heterocycles. The third-order valence-electron chi connectivity index (χ3n) is 3.85. The van der Waals surface area contributed by atoms with Gasteiger partial charge in [-0.2, -0.15) is 0 Å². The number of nitrogens with one attached hydrogen (secondary N) is 1. The summed E-state index contributed by atoms with van der Waals surface area (Å²) in [6.07, 6.45) is 1.10. The van der Waals surface area contributed by atoms with Crippen molar-refractivity contribution < 1.29 is 14.3 Å². The lowest BCUT2D eigenvalue weighted by atomic mass is 9.95. The predicted molar refractivity (Wildman–Crippen MR) is 73.3 cm³/mol. The van der Waals surface area contributed by atoms with Gasteiger partial charge in [0.05, 0.1) is 5.92 Å². The molecule has 0 aliphatic carbocycles. The first-order chi connectivity index (χ1) is 9.74. The van der Waals surface area contributed by atoms with Gasteiger partial charge in [0.25, 0.3) is 0 Å². The van der Waals surface area contributed by atoms with Gasteiger partial charge >= 0.3 is 0 Å². The summed E-state index contributed by atoms with van der Waals surface area (Å²) < 4.78 is 5.67. The molecule has 1 aromatic rings. The van der Waals surface area contributed by atoms with E-state index >= 15 is 0 Å². The van der Waals surface area contributed by atoms with E-state index in [1.165, 1.54) is 0 Å². The number of benzene rings is 1. The first-order valence-electron chi connectivity index (χ1n) is 7.00. The third-order valence-corrected chi connectivity index (χ3v) is 3.85. The van der Waals surface area contributed by atoms with Crippen molar-refractivity contribution in [2.24, 2.45) is 5.92 Å². The Balaban J connectivity index is 1.68. The molecular weight excluding hydrogens is 256 g/mol. The van der Waals surface area contributed by atoms with Crippen molar-refractivity contribution in [3.8, 4) is 5.75 Å². The Morgan fingerprint density at radius 1 is 1.30 bits per heavy atom. The van der Waals surface area contributed by atoms with Crippen LogP contribution in [-0.4, -0.2) is 43.0 Å². The highest BCUT2D eigenvalue weighted by atomic mass is 16.5. The largest absolute Gasteiger partial charge is 0.492 e. The molecule has 2 aliphatic rings. The Labute approximate surface area is 117 Å². The number of hydrogen-bond donors (Lipinski definition) is 1. The molecule has 1 aromatic carbocycles. The van der Waals surface area contributed by atoms with Crippen LogP contribution in [0.3, 0.4) is 0 Å². The lowest BCUT2D eigenvalue weighted by Crippen LogP contribution is -2.42. The molecule has 0 radical (unpaired) electrons. The summed E-state index contributed by atoms with van der Waals surface area (Å²) in [6.45, 7) is 2.05. The number of para-hydroxylation sites is 1. The zero-order valence-electron chi connectivity index (χ0n) is 11.3. The molecule has 1 atom stereocenters. The van der Waals surface area contributed by atoms with E-state index in [1.807, 2.05) is 24.3 Å². The van der Waals surface area contributed by atoms with Crippen LogP contribution >= 0.6 is 0 Å². The van der Waals surface area contributed by atoms with Crippen LogP contribution in [-0.2, 0) is 16.0 Å². The van der Waals surface area contributed by atoms with Crippen molar-refractivity contribution in [2.75, 3.05) is 26.2 Å². The van der Waals surface area contributed by atoms with Crippen LogP contribution in [0.2, 0.25) is 0 Å². The summed E-state index contributed by atoms with van der Waals surface area (Å²) in [6, 6.07) is 7.84. The van der Waals surface area contributed by atoms with E-state index in [2.05, 4.69) is 5.32 Å². The van der Waals surface area contributed by atoms with Crippen LogP contribution in [0, 0.1) is 5.92 Å². The second-order valence-electron chi connectivity index (χ2n) is 5.25. The van der Waals surface area contributed by atoms with Crippen LogP contribution < -0.4 is 10.1 Å². The first-order valence-corrected chi connectivity index (χ1v) is 7.00. The number of fused-ring (bicyclic) bond motifs is 1. The maximum Gasteiger partial charge on any atom is 0.229 e. The standard InChI is InChI=1S/C15H18N2O3/c18-14-5-7-17(8-6-16-14)15(19)12-9-11-3-1-2-4-13(11)20-10-12/h1-4,12H,5-10H2,(H,16,18). The number of hydrogen-bond acceptors (Lipinski definition) is 3. The number of carbonyl (C=O) groups is 2. The monoisotopic (exact) mass is 274 g/mol. The maximum atomic E-state index is 12.5. The molecule has 1 saturated heterocycles.